The summed E-state index contributed by atoms with van der Waals surface area (Å²) >= 11 is 6.85. The zero-order valence-electron chi connectivity index (χ0n) is 20.7. The van der Waals surface area contributed by atoms with E-state index in [-0.39, 0.29) is 6.04 Å². The molecule has 0 radical (unpaired) electrons. The van der Waals surface area contributed by atoms with Gasteiger partial charge < -0.3 is 9.47 Å². The molecule has 0 saturated heterocycles. The zero-order valence-corrected chi connectivity index (χ0v) is 21.5. The Morgan fingerprint density at radius 2 is 1.79 bits per heavy atom. The smallest absolute Gasteiger partial charge is 0.161 e. The molecule has 0 N–H and O–H groups in total. The maximum absolute atomic E-state index is 6.85. The first-order valence-corrected chi connectivity index (χ1v) is 13.1. The van der Waals surface area contributed by atoms with Gasteiger partial charge in [-0.1, -0.05) is 74.7 Å². The molecule has 0 bridgehead atoms. The van der Waals surface area contributed by atoms with Crippen LogP contribution in [-0.2, 0) is 0 Å². The Hall–Kier alpha value is -2.30. The van der Waals surface area contributed by atoms with Gasteiger partial charge in [-0.15, -0.1) is 0 Å². The van der Waals surface area contributed by atoms with Gasteiger partial charge in [0.05, 0.1) is 5.71 Å². The van der Waals surface area contributed by atoms with E-state index >= 15 is 0 Å². The maximum atomic E-state index is 6.85. The molecule has 0 fully saturated rings. The first-order chi connectivity index (χ1) is 16.6. The third-order valence-electron chi connectivity index (χ3n) is 6.87. The first-order valence-electron chi connectivity index (χ1n) is 12.8. The van der Waals surface area contributed by atoms with Gasteiger partial charge in [0.25, 0.3) is 0 Å². The van der Waals surface area contributed by atoms with Gasteiger partial charge in [-0.3, -0.25) is 4.90 Å². The highest BCUT2D eigenvalue weighted by molar-refractivity contribution is 6.31. The van der Waals surface area contributed by atoms with E-state index in [1.54, 1.807) is 0 Å². The molecule has 0 aromatic heterocycles. The topological polar surface area (TPSA) is 34.1 Å². The number of rotatable bonds is 10. The molecule has 34 heavy (non-hydrogen) atoms. The average Bonchev–Trinajstić information content (AvgIpc) is 2.88. The Bertz CT molecular complexity index is 1020. The van der Waals surface area contributed by atoms with E-state index < -0.39 is 0 Å². The second kappa shape index (κ2) is 11.9. The van der Waals surface area contributed by atoms with E-state index in [2.05, 4.69) is 68.1 Å². The van der Waals surface area contributed by atoms with Crippen LogP contribution >= 0.6 is 11.6 Å². The average molecular weight is 481 g/mol. The van der Waals surface area contributed by atoms with E-state index in [0.29, 0.717) is 24.3 Å². The van der Waals surface area contributed by atoms with Crippen molar-refractivity contribution in [2.75, 3.05) is 26.3 Å². The molecule has 5 heteroatoms. The van der Waals surface area contributed by atoms with Crippen LogP contribution < -0.4 is 9.47 Å². The van der Waals surface area contributed by atoms with Crippen LogP contribution in [0.2, 0.25) is 0 Å². The van der Waals surface area contributed by atoms with Crippen LogP contribution in [0, 0.1) is 5.92 Å². The van der Waals surface area contributed by atoms with Crippen molar-refractivity contribution in [3.63, 3.8) is 0 Å². The van der Waals surface area contributed by atoms with Crippen molar-refractivity contribution in [3.8, 4) is 11.5 Å². The second-order valence-electron chi connectivity index (χ2n) is 9.35. The Morgan fingerprint density at radius 1 is 1.03 bits per heavy atom. The fourth-order valence-electron chi connectivity index (χ4n) is 4.96. The Labute approximate surface area is 209 Å². The molecular weight excluding hydrogens is 444 g/mol. The van der Waals surface area contributed by atoms with Crippen molar-refractivity contribution in [2.24, 2.45) is 10.9 Å². The minimum absolute atomic E-state index is 0.237. The number of ether oxygens (including phenoxy) is 2. The normalized spacial score (nSPS) is 18.7. The minimum Gasteiger partial charge on any atom is -0.486 e. The molecule has 0 aliphatic carbocycles. The van der Waals surface area contributed by atoms with Crippen LogP contribution in [0.1, 0.15) is 70.0 Å². The number of halogens is 1. The highest BCUT2D eigenvalue weighted by atomic mass is 35.5. The predicted molar refractivity (Wildman–Crippen MR) is 141 cm³/mol. The first kappa shape index (κ1) is 24.8. The fourth-order valence-corrected chi connectivity index (χ4v) is 5.18. The Kier molecular flexibility index (Phi) is 8.69. The molecule has 2 heterocycles. The van der Waals surface area contributed by atoms with Gasteiger partial charge in [-0.2, -0.15) is 0 Å². The summed E-state index contributed by atoms with van der Waals surface area (Å²) in [5.41, 5.74) is 4.82. The van der Waals surface area contributed by atoms with Gasteiger partial charge in [0.1, 0.15) is 18.4 Å². The molecule has 2 aromatic rings. The van der Waals surface area contributed by atoms with Crippen molar-refractivity contribution in [2.45, 2.75) is 58.9 Å². The molecular formula is C29H37ClN2O2. The molecule has 0 amide bonds. The number of hydrogen-bond donors (Lipinski definition) is 0. The summed E-state index contributed by atoms with van der Waals surface area (Å²) in [6, 6.07) is 17.1. The van der Waals surface area contributed by atoms with E-state index in [9.17, 15) is 0 Å². The lowest BCUT2D eigenvalue weighted by Gasteiger charge is -2.33. The number of fused-ring (bicyclic) bond motifs is 1. The number of unbranched alkanes of at least 4 members (excludes halogenated alkanes) is 1. The number of benzene rings is 2. The van der Waals surface area contributed by atoms with Crippen LogP contribution in [0.5, 0.6) is 11.5 Å². The molecule has 2 aliphatic rings. The molecule has 0 spiro atoms. The SMILES string of the molecule is CCCCC1CC(CN(CCC)C(C)c2ccc3c(c2)OCCO3)=C(Cl)N=C1c1ccccc1. The molecule has 2 unspecified atom stereocenters. The number of nitrogens with zero attached hydrogens (tertiary/aromatic N) is 2. The van der Waals surface area contributed by atoms with Gasteiger partial charge >= 0.3 is 0 Å². The lowest BCUT2D eigenvalue weighted by molar-refractivity contribution is 0.170. The summed E-state index contributed by atoms with van der Waals surface area (Å²) in [5, 5.41) is 0.669. The summed E-state index contributed by atoms with van der Waals surface area (Å²) in [6.45, 7) is 9.80. The van der Waals surface area contributed by atoms with E-state index in [0.717, 1.165) is 49.6 Å². The highest BCUT2D eigenvalue weighted by Gasteiger charge is 2.28. The van der Waals surface area contributed by atoms with Crippen molar-refractivity contribution in [3.05, 3.63) is 70.4 Å². The lowest BCUT2D eigenvalue weighted by Crippen LogP contribution is -2.32. The van der Waals surface area contributed by atoms with Crippen molar-refractivity contribution in [1.82, 2.24) is 4.90 Å². The van der Waals surface area contributed by atoms with Gasteiger partial charge in [0.2, 0.25) is 0 Å². The summed E-state index contributed by atoms with van der Waals surface area (Å²) in [4.78, 5) is 7.49. The summed E-state index contributed by atoms with van der Waals surface area (Å²) < 4.78 is 11.5. The molecule has 182 valence electrons. The fraction of sp³-hybridized carbons (Fsp3) is 0.483. The Balaban J connectivity index is 1.58. The quantitative estimate of drug-likeness (QED) is 0.332. The summed E-state index contributed by atoms with van der Waals surface area (Å²) in [6.07, 6.45) is 5.59. The van der Waals surface area contributed by atoms with E-state index in [1.165, 1.54) is 29.5 Å². The van der Waals surface area contributed by atoms with E-state index in [1.807, 2.05) is 6.07 Å². The minimum atomic E-state index is 0.237. The predicted octanol–water partition coefficient (Wildman–Crippen LogP) is 7.38. The van der Waals surface area contributed by atoms with Crippen LogP contribution in [0.4, 0.5) is 0 Å². The molecule has 2 aromatic carbocycles. The molecule has 2 atom stereocenters. The standard InChI is InChI=1S/C29H37ClN2O2/c1-4-6-10-24-18-25(29(30)31-28(24)22-11-8-7-9-12-22)20-32(15-5-2)21(3)23-13-14-26-27(19-23)34-17-16-33-26/h7-9,11-14,19,21,24H,4-6,10,15-18,20H2,1-3H3. The maximum Gasteiger partial charge on any atom is 0.161 e. The second-order valence-corrected chi connectivity index (χ2v) is 9.71. The molecule has 4 nitrogen and oxygen atoms in total. The monoisotopic (exact) mass is 480 g/mol. The van der Waals surface area contributed by atoms with Crippen molar-refractivity contribution in [1.29, 1.82) is 0 Å². The van der Waals surface area contributed by atoms with Gasteiger partial charge in [0, 0.05) is 18.5 Å². The lowest BCUT2D eigenvalue weighted by atomic mass is 9.84. The zero-order chi connectivity index (χ0) is 23.9. The van der Waals surface area contributed by atoms with Gasteiger partial charge in [-0.05, 0) is 61.6 Å². The van der Waals surface area contributed by atoms with E-state index in [4.69, 9.17) is 26.1 Å². The number of aliphatic imine (C=N–C) groups is 1. The largest absolute Gasteiger partial charge is 0.486 e. The van der Waals surface area contributed by atoms with Gasteiger partial charge in [0.15, 0.2) is 11.5 Å². The summed E-state index contributed by atoms with van der Waals surface area (Å²) in [5.74, 6) is 2.09. The third kappa shape index (κ3) is 5.84. The van der Waals surface area contributed by atoms with Crippen LogP contribution in [0.3, 0.4) is 0 Å². The third-order valence-corrected chi connectivity index (χ3v) is 7.22. The molecule has 4 rings (SSSR count). The number of hydrogen-bond acceptors (Lipinski definition) is 4. The van der Waals surface area contributed by atoms with Crippen LogP contribution in [0.15, 0.2) is 64.3 Å². The van der Waals surface area contributed by atoms with Gasteiger partial charge in [-0.25, -0.2) is 4.99 Å². The van der Waals surface area contributed by atoms with Crippen LogP contribution in [0.25, 0.3) is 0 Å². The molecule has 0 saturated carbocycles. The Morgan fingerprint density at radius 3 is 2.53 bits per heavy atom. The van der Waals surface area contributed by atoms with Crippen molar-refractivity contribution < 1.29 is 9.47 Å². The van der Waals surface area contributed by atoms with Crippen LogP contribution in [-0.4, -0.2) is 36.9 Å². The highest BCUT2D eigenvalue weighted by Crippen LogP contribution is 2.36. The van der Waals surface area contributed by atoms with Crippen molar-refractivity contribution >= 4 is 17.3 Å². The molecule has 2 aliphatic heterocycles. The summed E-state index contributed by atoms with van der Waals surface area (Å²) in [7, 11) is 0.